The quantitative estimate of drug-likeness (QED) is 0.382. The number of aromatic nitrogens is 2. The lowest BCUT2D eigenvalue weighted by Crippen LogP contribution is -2.47. The van der Waals surface area contributed by atoms with Gasteiger partial charge in [-0.15, -0.1) is 0 Å². The van der Waals surface area contributed by atoms with Crippen LogP contribution in [0, 0.1) is 0 Å². The zero-order valence-corrected chi connectivity index (χ0v) is 21.8. The second-order valence-corrected chi connectivity index (χ2v) is 10.7. The Morgan fingerprint density at radius 1 is 0.973 bits per heavy atom. The third-order valence-corrected chi connectivity index (χ3v) is 7.04. The smallest absolute Gasteiger partial charge is 0.248 e. The number of H-pyrrole nitrogens is 1. The van der Waals surface area contributed by atoms with Gasteiger partial charge >= 0.3 is 0 Å². The lowest BCUT2D eigenvalue weighted by molar-refractivity contribution is 0.1000. The molecule has 0 bridgehead atoms. The monoisotopic (exact) mass is 497 g/mol. The van der Waals surface area contributed by atoms with E-state index in [1.165, 1.54) is 11.3 Å². The number of hydrogen-bond acceptors (Lipinski definition) is 5. The number of amides is 1. The lowest BCUT2D eigenvalue weighted by atomic mass is 9.87. The summed E-state index contributed by atoms with van der Waals surface area (Å²) >= 11 is 0. The molecule has 0 aliphatic carbocycles. The number of anilines is 1. The molecular weight excluding hydrogens is 462 g/mol. The molecular formula is C30H35N5O2. The molecule has 0 unspecified atom stereocenters. The molecule has 7 heteroatoms. The molecule has 1 aliphatic heterocycles. The molecule has 192 valence electrons. The predicted molar refractivity (Wildman–Crippen MR) is 149 cm³/mol. The number of imidazole rings is 1. The number of para-hydroxylation sites is 1. The van der Waals surface area contributed by atoms with Gasteiger partial charge < -0.3 is 20.4 Å². The van der Waals surface area contributed by atoms with Gasteiger partial charge in [0.05, 0.1) is 11.2 Å². The average Bonchev–Trinajstić information content (AvgIpc) is 3.34. The Bertz CT molecular complexity index is 1360. The van der Waals surface area contributed by atoms with Crippen LogP contribution in [0.1, 0.15) is 36.7 Å². The molecule has 1 aromatic heterocycles. The number of carbonyl (C=O) groups excluding carboxylic acids is 1. The van der Waals surface area contributed by atoms with Crippen molar-refractivity contribution in [1.29, 1.82) is 0 Å². The normalized spacial score (nSPS) is 14.7. The second-order valence-electron chi connectivity index (χ2n) is 10.7. The molecule has 7 nitrogen and oxygen atoms in total. The third-order valence-electron chi connectivity index (χ3n) is 7.04. The summed E-state index contributed by atoms with van der Waals surface area (Å²) in [6, 6.07) is 22.0. The summed E-state index contributed by atoms with van der Waals surface area (Å²) in [6.07, 6.45) is 0. The van der Waals surface area contributed by atoms with Gasteiger partial charge in [-0.2, -0.15) is 0 Å². The Kier molecular flexibility index (Phi) is 6.89. The van der Waals surface area contributed by atoms with Crippen molar-refractivity contribution in [3.63, 3.8) is 0 Å². The van der Waals surface area contributed by atoms with Crippen molar-refractivity contribution in [2.75, 3.05) is 44.2 Å². The first kappa shape index (κ1) is 24.8. The van der Waals surface area contributed by atoms with Crippen molar-refractivity contribution in [1.82, 2.24) is 14.9 Å². The second kappa shape index (κ2) is 10.3. The molecule has 37 heavy (non-hydrogen) atoms. The van der Waals surface area contributed by atoms with Gasteiger partial charge in [-0.1, -0.05) is 51.1 Å². The summed E-state index contributed by atoms with van der Waals surface area (Å²) in [7, 11) is 0. The van der Waals surface area contributed by atoms with Crippen LogP contribution in [0.25, 0.3) is 22.4 Å². The van der Waals surface area contributed by atoms with E-state index in [0.29, 0.717) is 12.2 Å². The standard InChI is InChI=1S/C30H35N5O2/c1-30(2,3)23-11-7-22(8-12-23)29-32-25-5-4-6-26(27(25)33-29)35-17-15-34(16-18-35)19-20-37-24-13-9-21(10-14-24)28(31)36/h4-14H,15-20H2,1-3H3,(H2,31,36)(H,32,33). The number of piperazine rings is 1. The van der Waals surface area contributed by atoms with E-state index in [2.05, 4.69) is 78.0 Å². The number of nitrogens with two attached hydrogens (primary N) is 1. The maximum absolute atomic E-state index is 11.2. The minimum absolute atomic E-state index is 0.131. The van der Waals surface area contributed by atoms with E-state index in [1.54, 1.807) is 24.3 Å². The van der Waals surface area contributed by atoms with Crippen molar-refractivity contribution >= 4 is 22.6 Å². The van der Waals surface area contributed by atoms with Crippen molar-refractivity contribution in [3.8, 4) is 17.1 Å². The fourth-order valence-electron chi connectivity index (χ4n) is 4.76. The number of fused-ring (bicyclic) bond motifs is 1. The molecule has 3 aromatic carbocycles. The van der Waals surface area contributed by atoms with Crippen LogP contribution < -0.4 is 15.4 Å². The van der Waals surface area contributed by atoms with E-state index >= 15 is 0 Å². The number of ether oxygens (including phenoxy) is 1. The number of hydrogen-bond donors (Lipinski definition) is 2. The number of primary amides is 1. The topological polar surface area (TPSA) is 87.5 Å². The van der Waals surface area contributed by atoms with Gasteiger partial charge in [0.15, 0.2) is 0 Å². The van der Waals surface area contributed by atoms with Gasteiger partial charge in [0.2, 0.25) is 5.91 Å². The van der Waals surface area contributed by atoms with Crippen molar-refractivity contribution in [2.24, 2.45) is 5.73 Å². The molecule has 1 fully saturated rings. The number of rotatable bonds is 7. The highest BCUT2D eigenvalue weighted by atomic mass is 16.5. The van der Waals surface area contributed by atoms with Crippen LogP contribution in [0.5, 0.6) is 5.75 Å². The molecule has 1 amide bonds. The Labute approximate surface area is 218 Å². The van der Waals surface area contributed by atoms with Crippen LogP contribution in [-0.4, -0.2) is 60.1 Å². The van der Waals surface area contributed by atoms with Gasteiger partial charge in [-0.25, -0.2) is 4.98 Å². The van der Waals surface area contributed by atoms with Gasteiger partial charge in [0.1, 0.15) is 23.7 Å². The summed E-state index contributed by atoms with van der Waals surface area (Å²) in [5, 5.41) is 0. The Morgan fingerprint density at radius 2 is 1.68 bits per heavy atom. The highest BCUT2D eigenvalue weighted by Crippen LogP contribution is 2.30. The van der Waals surface area contributed by atoms with E-state index in [-0.39, 0.29) is 5.41 Å². The van der Waals surface area contributed by atoms with E-state index in [1.807, 2.05) is 0 Å². The highest BCUT2D eigenvalue weighted by Gasteiger charge is 2.20. The van der Waals surface area contributed by atoms with Crippen LogP contribution in [0.2, 0.25) is 0 Å². The molecule has 0 spiro atoms. The van der Waals surface area contributed by atoms with Gasteiger partial charge in [-0.3, -0.25) is 9.69 Å². The third kappa shape index (κ3) is 5.62. The number of carbonyl (C=O) groups is 1. The van der Waals surface area contributed by atoms with Crippen LogP contribution in [0.3, 0.4) is 0 Å². The predicted octanol–water partition coefficient (Wildman–Crippen LogP) is 4.83. The maximum atomic E-state index is 11.2. The summed E-state index contributed by atoms with van der Waals surface area (Å²) in [5.74, 6) is 1.22. The van der Waals surface area contributed by atoms with Crippen LogP contribution >= 0.6 is 0 Å². The average molecular weight is 498 g/mol. The number of nitrogens with one attached hydrogen (secondary N) is 1. The molecule has 2 heterocycles. The number of benzene rings is 3. The molecule has 4 aromatic rings. The molecule has 1 saturated heterocycles. The highest BCUT2D eigenvalue weighted by molar-refractivity contribution is 5.93. The minimum atomic E-state index is -0.430. The SMILES string of the molecule is CC(C)(C)c1ccc(-c2nc3c(N4CCN(CCOc5ccc(C(N)=O)cc5)CC4)cccc3[nH]2)cc1. The van der Waals surface area contributed by atoms with Gasteiger partial charge in [0.25, 0.3) is 0 Å². The number of nitrogens with zero attached hydrogens (tertiary/aromatic N) is 3. The van der Waals surface area contributed by atoms with E-state index < -0.39 is 5.91 Å². The summed E-state index contributed by atoms with van der Waals surface area (Å²) in [5.41, 5.74) is 11.6. The molecule has 1 aliphatic rings. The summed E-state index contributed by atoms with van der Waals surface area (Å²) < 4.78 is 5.86. The first-order valence-corrected chi connectivity index (χ1v) is 12.9. The van der Waals surface area contributed by atoms with Crippen LogP contribution in [0.4, 0.5) is 5.69 Å². The Morgan fingerprint density at radius 3 is 2.32 bits per heavy atom. The molecule has 0 radical (unpaired) electrons. The van der Waals surface area contributed by atoms with Crippen LogP contribution in [-0.2, 0) is 5.41 Å². The summed E-state index contributed by atoms with van der Waals surface area (Å²) in [6.45, 7) is 11.9. The first-order valence-electron chi connectivity index (χ1n) is 12.9. The molecule has 0 atom stereocenters. The van der Waals surface area contributed by atoms with Gasteiger partial charge in [0, 0.05) is 43.9 Å². The molecule has 5 rings (SSSR count). The maximum Gasteiger partial charge on any atom is 0.248 e. The van der Waals surface area contributed by atoms with Gasteiger partial charge in [-0.05, 0) is 47.4 Å². The molecule has 3 N–H and O–H groups in total. The Hall–Kier alpha value is -3.84. The van der Waals surface area contributed by atoms with E-state index in [9.17, 15) is 4.79 Å². The summed E-state index contributed by atoms with van der Waals surface area (Å²) in [4.78, 5) is 24.6. The largest absolute Gasteiger partial charge is 0.492 e. The molecule has 0 saturated carbocycles. The van der Waals surface area contributed by atoms with E-state index in [4.69, 9.17) is 15.5 Å². The lowest BCUT2D eigenvalue weighted by Gasteiger charge is -2.36. The fourth-order valence-corrected chi connectivity index (χ4v) is 4.76. The van der Waals surface area contributed by atoms with Crippen molar-refractivity contribution < 1.29 is 9.53 Å². The first-order chi connectivity index (χ1) is 17.8. The number of aromatic amines is 1. The van der Waals surface area contributed by atoms with E-state index in [0.717, 1.165) is 60.9 Å². The zero-order chi connectivity index (χ0) is 26.0. The fraction of sp³-hybridized carbons (Fsp3) is 0.333. The zero-order valence-electron chi connectivity index (χ0n) is 21.8. The van der Waals surface area contributed by atoms with Crippen molar-refractivity contribution in [3.05, 3.63) is 77.9 Å². The Balaban J connectivity index is 1.20. The van der Waals surface area contributed by atoms with Crippen LogP contribution in [0.15, 0.2) is 66.7 Å². The van der Waals surface area contributed by atoms with Crippen molar-refractivity contribution in [2.45, 2.75) is 26.2 Å². The minimum Gasteiger partial charge on any atom is -0.492 e.